The third-order valence-corrected chi connectivity index (χ3v) is 5.57. The zero-order chi connectivity index (χ0) is 21.8. The molecule has 1 N–H and O–H groups in total. The SMILES string of the molecule is CC(C)NC(=O)c1cccc(-c2cc(C3=CC(N4CCN(C)CC4)=CCC=C3)on2)c1. The van der Waals surface area contributed by atoms with E-state index in [-0.39, 0.29) is 11.9 Å². The van der Waals surface area contributed by atoms with Crippen LogP contribution in [-0.2, 0) is 0 Å². The third kappa shape index (κ3) is 5.14. The van der Waals surface area contributed by atoms with Crippen molar-refractivity contribution in [3.05, 3.63) is 71.7 Å². The van der Waals surface area contributed by atoms with Gasteiger partial charge in [0.05, 0.1) is 0 Å². The number of allylic oxidation sites excluding steroid dienone is 5. The molecule has 1 aromatic carbocycles. The van der Waals surface area contributed by atoms with E-state index in [4.69, 9.17) is 4.52 Å². The van der Waals surface area contributed by atoms with E-state index < -0.39 is 0 Å². The molecule has 0 bridgehead atoms. The van der Waals surface area contributed by atoms with Crippen molar-refractivity contribution in [3.63, 3.8) is 0 Å². The van der Waals surface area contributed by atoms with E-state index in [0.29, 0.717) is 5.56 Å². The Morgan fingerprint density at radius 2 is 1.97 bits per heavy atom. The van der Waals surface area contributed by atoms with Crippen molar-refractivity contribution >= 4 is 11.5 Å². The maximum absolute atomic E-state index is 12.3. The number of carbonyl (C=O) groups is 1. The van der Waals surface area contributed by atoms with E-state index in [9.17, 15) is 4.79 Å². The Balaban J connectivity index is 1.55. The highest BCUT2D eigenvalue weighted by molar-refractivity contribution is 5.95. The van der Waals surface area contributed by atoms with Crippen molar-refractivity contribution in [3.8, 4) is 11.3 Å². The Bertz CT molecular complexity index is 1020. The normalized spacial score (nSPS) is 17.4. The van der Waals surface area contributed by atoms with Crippen LogP contribution < -0.4 is 5.32 Å². The molecule has 2 aromatic rings. The number of likely N-dealkylation sites (N-methyl/N-ethyl adjacent to an activating group) is 1. The molecule has 6 heteroatoms. The molecule has 1 amide bonds. The van der Waals surface area contributed by atoms with Gasteiger partial charge in [-0.25, -0.2) is 0 Å². The Kier molecular flexibility index (Phi) is 6.37. The van der Waals surface area contributed by atoms with Crippen LogP contribution in [0.4, 0.5) is 0 Å². The third-order valence-electron chi connectivity index (χ3n) is 5.57. The number of nitrogens with one attached hydrogen (secondary N) is 1. The molecule has 0 saturated carbocycles. The van der Waals surface area contributed by atoms with Gasteiger partial charge < -0.3 is 19.6 Å². The summed E-state index contributed by atoms with van der Waals surface area (Å²) in [5, 5.41) is 7.21. The first kappa shape index (κ1) is 21.1. The van der Waals surface area contributed by atoms with Crippen LogP contribution >= 0.6 is 0 Å². The van der Waals surface area contributed by atoms with Crippen LogP contribution in [-0.4, -0.2) is 60.1 Å². The minimum absolute atomic E-state index is 0.0862. The topological polar surface area (TPSA) is 61.6 Å². The van der Waals surface area contributed by atoms with E-state index >= 15 is 0 Å². The molecule has 2 aliphatic rings. The summed E-state index contributed by atoms with van der Waals surface area (Å²) in [6.07, 6.45) is 9.59. The number of hydrogen-bond donors (Lipinski definition) is 1. The molecule has 2 heterocycles. The lowest BCUT2D eigenvalue weighted by atomic mass is 10.1. The van der Waals surface area contributed by atoms with Gasteiger partial charge in [-0.05, 0) is 45.5 Å². The standard InChI is InChI=1S/C25H30N4O2/c1-18(2)26-25(30)21-9-6-8-19(15-21)23-17-24(31-27-23)20-7-4-5-10-22(16-20)29-13-11-28(3)12-14-29/h4,6-10,15-18H,5,11-14H2,1-3H3,(H,26,30). The number of carbonyl (C=O) groups excluding carboxylic acids is 1. The second kappa shape index (κ2) is 9.35. The molecule has 0 unspecified atom stereocenters. The van der Waals surface area contributed by atoms with Crippen molar-refractivity contribution in [2.75, 3.05) is 33.2 Å². The van der Waals surface area contributed by atoms with Crippen molar-refractivity contribution < 1.29 is 9.32 Å². The predicted molar refractivity (Wildman–Crippen MR) is 123 cm³/mol. The Hall–Kier alpha value is -3.12. The monoisotopic (exact) mass is 418 g/mol. The van der Waals surface area contributed by atoms with Gasteiger partial charge in [-0.2, -0.15) is 0 Å². The molecule has 1 saturated heterocycles. The Morgan fingerprint density at radius 3 is 2.74 bits per heavy atom. The lowest BCUT2D eigenvalue weighted by Crippen LogP contribution is -2.43. The lowest BCUT2D eigenvalue weighted by molar-refractivity contribution is 0.0943. The summed E-state index contributed by atoms with van der Waals surface area (Å²) in [4.78, 5) is 17.1. The van der Waals surface area contributed by atoms with Crippen LogP contribution in [0.25, 0.3) is 16.8 Å². The molecule has 162 valence electrons. The molecular formula is C25H30N4O2. The van der Waals surface area contributed by atoms with E-state index in [1.165, 1.54) is 5.70 Å². The molecule has 0 spiro atoms. The first-order valence-electron chi connectivity index (χ1n) is 10.9. The summed E-state index contributed by atoms with van der Waals surface area (Å²) in [5.41, 5.74) is 4.44. The lowest BCUT2D eigenvalue weighted by Gasteiger charge is -2.34. The van der Waals surface area contributed by atoms with Crippen LogP contribution in [0.15, 0.2) is 64.9 Å². The van der Waals surface area contributed by atoms with Crippen LogP contribution in [0, 0.1) is 0 Å². The molecule has 31 heavy (non-hydrogen) atoms. The van der Waals surface area contributed by atoms with Gasteiger partial charge >= 0.3 is 0 Å². The molecule has 1 aliphatic heterocycles. The first-order chi connectivity index (χ1) is 15.0. The van der Waals surface area contributed by atoms with E-state index in [1.54, 1.807) is 0 Å². The molecule has 4 rings (SSSR count). The van der Waals surface area contributed by atoms with Crippen molar-refractivity contribution in [2.45, 2.75) is 26.3 Å². The fourth-order valence-corrected chi connectivity index (χ4v) is 3.80. The summed E-state index contributed by atoms with van der Waals surface area (Å²) >= 11 is 0. The first-order valence-corrected chi connectivity index (χ1v) is 10.9. The predicted octanol–water partition coefficient (Wildman–Crippen LogP) is 3.95. The largest absolute Gasteiger partial charge is 0.369 e. The quantitative estimate of drug-likeness (QED) is 0.797. The Labute approximate surface area is 183 Å². The van der Waals surface area contributed by atoms with Gasteiger partial charge in [-0.1, -0.05) is 35.5 Å². The van der Waals surface area contributed by atoms with E-state index in [2.05, 4.69) is 51.6 Å². The molecule has 6 nitrogen and oxygen atoms in total. The van der Waals surface area contributed by atoms with Crippen molar-refractivity contribution in [1.82, 2.24) is 20.3 Å². The highest BCUT2D eigenvalue weighted by atomic mass is 16.5. The number of rotatable bonds is 5. The number of aromatic nitrogens is 1. The summed E-state index contributed by atoms with van der Waals surface area (Å²) in [6.45, 7) is 8.09. The summed E-state index contributed by atoms with van der Waals surface area (Å²) in [6, 6.07) is 9.52. The maximum Gasteiger partial charge on any atom is 0.251 e. The van der Waals surface area contributed by atoms with Gasteiger partial charge in [0.25, 0.3) is 5.91 Å². The number of hydrogen-bond acceptors (Lipinski definition) is 5. The second-order valence-corrected chi connectivity index (χ2v) is 8.44. The summed E-state index contributed by atoms with van der Waals surface area (Å²) in [7, 11) is 2.17. The molecule has 1 fully saturated rings. The number of piperazine rings is 1. The van der Waals surface area contributed by atoms with E-state index in [0.717, 1.165) is 55.2 Å². The number of nitrogens with zero attached hydrogens (tertiary/aromatic N) is 3. The molecule has 0 atom stereocenters. The second-order valence-electron chi connectivity index (χ2n) is 8.44. The highest BCUT2D eigenvalue weighted by Crippen LogP contribution is 2.28. The van der Waals surface area contributed by atoms with Gasteiger partial charge in [0.15, 0.2) is 5.76 Å². The van der Waals surface area contributed by atoms with Gasteiger partial charge in [0.2, 0.25) is 0 Å². The van der Waals surface area contributed by atoms with Gasteiger partial charge in [-0.3, -0.25) is 4.79 Å². The van der Waals surface area contributed by atoms with Crippen LogP contribution in [0.1, 0.15) is 36.4 Å². The molecule has 1 aliphatic carbocycles. The van der Waals surface area contributed by atoms with Crippen LogP contribution in [0.2, 0.25) is 0 Å². The fourth-order valence-electron chi connectivity index (χ4n) is 3.80. The van der Waals surface area contributed by atoms with Crippen molar-refractivity contribution in [1.29, 1.82) is 0 Å². The smallest absolute Gasteiger partial charge is 0.251 e. The van der Waals surface area contributed by atoms with Gasteiger partial charge in [-0.15, -0.1) is 0 Å². The Morgan fingerprint density at radius 1 is 1.16 bits per heavy atom. The number of amides is 1. The zero-order valence-electron chi connectivity index (χ0n) is 18.5. The average molecular weight is 419 g/mol. The van der Waals surface area contributed by atoms with Crippen molar-refractivity contribution in [2.24, 2.45) is 0 Å². The molecule has 1 aromatic heterocycles. The molecular weight excluding hydrogens is 388 g/mol. The maximum atomic E-state index is 12.3. The summed E-state index contributed by atoms with van der Waals surface area (Å²) in [5.74, 6) is 0.641. The zero-order valence-corrected chi connectivity index (χ0v) is 18.5. The van der Waals surface area contributed by atoms with Gasteiger partial charge in [0.1, 0.15) is 5.69 Å². The fraction of sp³-hybridized carbons (Fsp3) is 0.360. The average Bonchev–Trinajstić information content (AvgIpc) is 3.12. The number of benzene rings is 1. The van der Waals surface area contributed by atoms with Gasteiger partial charge in [0, 0.05) is 60.7 Å². The van der Waals surface area contributed by atoms with Crippen LogP contribution in [0.3, 0.4) is 0 Å². The minimum Gasteiger partial charge on any atom is -0.369 e. The molecule has 0 radical (unpaired) electrons. The van der Waals surface area contributed by atoms with Crippen LogP contribution in [0.5, 0.6) is 0 Å². The highest BCUT2D eigenvalue weighted by Gasteiger charge is 2.18. The summed E-state index contributed by atoms with van der Waals surface area (Å²) < 4.78 is 5.71. The van der Waals surface area contributed by atoms with E-state index in [1.807, 2.05) is 44.2 Å². The minimum atomic E-state index is -0.0862.